The second kappa shape index (κ2) is 7.77. The molecule has 0 saturated carbocycles. The van der Waals surface area contributed by atoms with Gasteiger partial charge in [0.2, 0.25) is 0 Å². The number of carbonyl (C=O) groups excluding carboxylic acids is 1. The molecular weight excluding hydrogens is 403 g/mol. The number of para-hydroxylation sites is 1. The van der Waals surface area contributed by atoms with E-state index in [1.54, 1.807) is 31.4 Å². The zero-order valence-electron chi connectivity index (χ0n) is 11.4. The van der Waals surface area contributed by atoms with Gasteiger partial charge in [0.25, 0.3) is 0 Å². The first-order valence-electron chi connectivity index (χ1n) is 6.34. The van der Waals surface area contributed by atoms with Crippen molar-refractivity contribution in [3.63, 3.8) is 0 Å². The van der Waals surface area contributed by atoms with Crippen LogP contribution < -0.4 is 4.74 Å². The van der Waals surface area contributed by atoms with Gasteiger partial charge in [-0.25, -0.2) is 0 Å². The third kappa shape index (κ3) is 4.18. The third-order valence-corrected chi connectivity index (χ3v) is 4.03. The van der Waals surface area contributed by atoms with E-state index in [4.69, 9.17) is 21.1 Å². The van der Waals surface area contributed by atoms with Crippen molar-refractivity contribution in [3.8, 4) is 5.75 Å². The van der Waals surface area contributed by atoms with Crippen molar-refractivity contribution < 1.29 is 14.3 Å². The zero-order chi connectivity index (χ0) is 15.2. The summed E-state index contributed by atoms with van der Waals surface area (Å²) in [5.74, 6) is 0.449. The number of hydrogen-bond donors (Lipinski definition) is 0. The predicted octanol–water partition coefficient (Wildman–Crippen LogP) is 4.20. The standard InChI is InChI=1S/C16H14ClIO3/c1-20-8-9-21-15-5-3-2-4-12(15)16(19)13-10-11(17)6-7-14(13)18/h2-7,10H,8-9H2,1H3. The lowest BCUT2D eigenvalue weighted by Crippen LogP contribution is -2.10. The largest absolute Gasteiger partial charge is 0.490 e. The van der Waals surface area contributed by atoms with E-state index in [9.17, 15) is 4.79 Å². The quantitative estimate of drug-likeness (QED) is 0.402. The van der Waals surface area contributed by atoms with Crippen LogP contribution in [-0.4, -0.2) is 26.1 Å². The number of ketones is 1. The first kappa shape index (κ1) is 16.3. The van der Waals surface area contributed by atoms with Crippen molar-refractivity contribution in [2.75, 3.05) is 20.3 Å². The minimum Gasteiger partial charge on any atom is -0.490 e. The van der Waals surface area contributed by atoms with Gasteiger partial charge in [0.1, 0.15) is 12.4 Å². The SMILES string of the molecule is COCCOc1ccccc1C(=O)c1cc(Cl)ccc1I. The molecule has 2 aromatic rings. The summed E-state index contributed by atoms with van der Waals surface area (Å²) in [5, 5.41) is 0.538. The van der Waals surface area contributed by atoms with Gasteiger partial charge in [0.15, 0.2) is 5.78 Å². The van der Waals surface area contributed by atoms with Crippen molar-refractivity contribution >= 4 is 40.0 Å². The maximum Gasteiger partial charge on any atom is 0.197 e. The average molecular weight is 417 g/mol. The highest BCUT2D eigenvalue weighted by atomic mass is 127. The van der Waals surface area contributed by atoms with Gasteiger partial charge in [-0.1, -0.05) is 23.7 Å². The van der Waals surface area contributed by atoms with Crippen molar-refractivity contribution in [2.45, 2.75) is 0 Å². The predicted molar refractivity (Wildman–Crippen MR) is 91.4 cm³/mol. The second-order valence-electron chi connectivity index (χ2n) is 4.29. The number of rotatable bonds is 6. The Kier molecular flexibility index (Phi) is 6.02. The molecule has 2 aromatic carbocycles. The fourth-order valence-corrected chi connectivity index (χ4v) is 2.58. The van der Waals surface area contributed by atoms with Crippen LogP contribution in [0, 0.1) is 3.57 Å². The fourth-order valence-electron chi connectivity index (χ4n) is 1.83. The van der Waals surface area contributed by atoms with Crippen molar-refractivity contribution in [1.82, 2.24) is 0 Å². The van der Waals surface area contributed by atoms with Crippen LogP contribution in [0.25, 0.3) is 0 Å². The van der Waals surface area contributed by atoms with Crippen molar-refractivity contribution in [3.05, 3.63) is 62.2 Å². The lowest BCUT2D eigenvalue weighted by molar-refractivity contribution is 0.103. The first-order valence-corrected chi connectivity index (χ1v) is 7.79. The van der Waals surface area contributed by atoms with Crippen LogP contribution >= 0.6 is 34.2 Å². The molecule has 110 valence electrons. The minimum atomic E-state index is -0.102. The summed E-state index contributed by atoms with van der Waals surface area (Å²) < 4.78 is 11.4. The topological polar surface area (TPSA) is 35.5 Å². The highest BCUT2D eigenvalue weighted by Crippen LogP contribution is 2.25. The van der Waals surface area contributed by atoms with E-state index in [1.807, 2.05) is 18.2 Å². The van der Waals surface area contributed by atoms with E-state index in [0.717, 1.165) is 3.57 Å². The molecule has 0 atom stereocenters. The fraction of sp³-hybridized carbons (Fsp3) is 0.188. The Hall–Kier alpha value is -1.11. The highest BCUT2D eigenvalue weighted by molar-refractivity contribution is 14.1. The Morgan fingerprint density at radius 3 is 2.67 bits per heavy atom. The minimum absolute atomic E-state index is 0.102. The van der Waals surface area contributed by atoms with Crippen molar-refractivity contribution in [2.24, 2.45) is 0 Å². The molecule has 3 nitrogen and oxygen atoms in total. The molecule has 0 fully saturated rings. The van der Waals surface area contributed by atoms with Crippen LogP contribution in [0.5, 0.6) is 5.75 Å². The lowest BCUT2D eigenvalue weighted by atomic mass is 10.0. The second-order valence-corrected chi connectivity index (χ2v) is 5.89. The molecule has 0 aliphatic heterocycles. The Morgan fingerprint density at radius 2 is 1.90 bits per heavy atom. The molecule has 0 heterocycles. The molecular formula is C16H14ClIO3. The smallest absolute Gasteiger partial charge is 0.197 e. The number of halogens is 2. The molecule has 21 heavy (non-hydrogen) atoms. The maximum absolute atomic E-state index is 12.7. The average Bonchev–Trinajstić information content (AvgIpc) is 2.50. The molecule has 0 aliphatic rings. The van der Waals surface area contributed by atoms with Crippen LogP contribution in [0.15, 0.2) is 42.5 Å². The molecule has 0 bridgehead atoms. The number of ether oxygens (including phenoxy) is 2. The highest BCUT2D eigenvalue weighted by Gasteiger charge is 2.17. The summed E-state index contributed by atoms with van der Waals surface area (Å²) in [6.07, 6.45) is 0. The van der Waals surface area contributed by atoms with Gasteiger partial charge >= 0.3 is 0 Å². The maximum atomic E-state index is 12.7. The van der Waals surface area contributed by atoms with E-state index < -0.39 is 0 Å². The summed E-state index contributed by atoms with van der Waals surface area (Å²) >= 11 is 8.11. The summed E-state index contributed by atoms with van der Waals surface area (Å²) in [6, 6.07) is 12.4. The van der Waals surface area contributed by atoms with E-state index in [2.05, 4.69) is 22.6 Å². The molecule has 0 spiro atoms. The molecule has 0 aromatic heterocycles. The Bertz CT molecular complexity index is 643. The van der Waals surface area contributed by atoms with Crippen LogP contribution in [0.4, 0.5) is 0 Å². The van der Waals surface area contributed by atoms with E-state index in [-0.39, 0.29) is 5.78 Å². The molecule has 5 heteroatoms. The van der Waals surface area contributed by atoms with E-state index in [0.29, 0.717) is 35.1 Å². The van der Waals surface area contributed by atoms with Gasteiger partial charge in [-0.3, -0.25) is 4.79 Å². The summed E-state index contributed by atoms with van der Waals surface area (Å²) in [5.41, 5.74) is 1.10. The molecule has 2 rings (SSSR count). The molecule has 0 unspecified atom stereocenters. The molecule has 0 aliphatic carbocycles. The van der Waals surface area contributed by atoms with Gasteiger partial charge in [-0.2, -0.15) is 0 Å². The molecule has 0 amide bonds. The summed E-state index contributed by atoms with van der Waals surface area (Å²) in [7, 11) is 1.61. The van der Waals surface area contributed by atoms with Gasteiger partial charge in [-0.15, -0.1) is 0 Å². The summed E-state index contributed by atoms with van der Waals surface area (Å²) in [6.45, 7) is 0.866. The Balaban J connectivity index is 2.32. The van der Waals surface area contributed by atoms with Gasteiger partial charge in [0, 0.05) is 21.3 Å². The lowest BCUT2D eigenvalue weighted by Gasteiger charge is -2.11. The monoisotopic (exact) mass is 416 g/mol. The van der Waals surface area contributed by atoms with Crippen LogP contribution in [0.3, 0.4) is 0 Å². The Labute approximate surface area is 142 Å². The first-order chi connectivity index (χ1) is 10.1. The number of hydrogen-bond acceptors (Lipinski definition) is 3. The van der Waals surface area contributed by atoms with Crippen LogP contribution in [-0.2, 0) is 4.74 Å². The van der Waals surface area contributed by atoms with Crippen molar-refractivity contribution in [1.29, 1.82) is 0 Å². The van der Waals surface area contributed by atoms with Crippen LogP contribution in [0.2, 0.25) is 5.02 Å². The van der Waals surface area contributed by atoms with E-state index in [1.165, 1.54) is 0 Å². The van der Waals surface area contributed by atoms with Gasteiger partial charge < -0.3 is 9.47 Å². The van der Waals surface area contributed by atoms with Crippen LogP contribution in [0.1, 0.15) is 15.9 Å². The number of methoxy groups -OCH3 is 1. The number of carbonyl (C=O) groups is 1. The molecule has 0 N–H and O–H groups in total. The molecule has 0 saturated heterocycles. The van der Waals surface area contributed by atoms with E-state index >= 15 is 0 Å². The third-order valence-electron chi connectivity index (χ3n) is 2.85. The molecule has 0 radical (unpaired) electrons. The Morgan fingerprint density at radius 1 is 1.14 bits per heavy atom. The van der Waals surface area contributed by atoms with Gasteiger partial charge in [0.05, 0.1) is 12.2 Å². The normalized spacial score (nSPS) is 10.4. The number of benzene rings is 2. The van der Waals surface area contributed by atoms with Gasteiger partial charge in [-0.05, 0) is 52.9 Å². The zero-order valence-corrected chi connectivity index (χ0v) is 14.3. The summed E-state index contributed by atoms with van der Waals surface area (Å²) in [4.78, 5) is 12.7.